The second kappa shape index (κ2) is 10.8. The van der Waals surface area contributed by atoms with Gasteiger partial charge in [0.15, 0.2) is 6.10 Å². The van der Waals surface area contributed by atoms with E-state index in [1.165, 1.54) is 25.3 Å². The molecule has 1 amide bonds. The molecule has 0 spiro atoms. The molecule has 1 unspecified atom stereocenters. The number of esters is 1. The molecule has 2 aromatic carbocycles. The van der Waals surface area contributed by atoms with E-state index in [0.29, 0.717) is 18.8 Å². The van der Waals surface area contributed by atoms with Crippen molar-refractivity contribution in [1.82, 2.24) is 0 Å². The number of amides is 1. The monoisotopic (exact) mass is 480 g/mol. The molecule has 1 N–H and O–H groups in total. The summed E-state index contributed by atoms with van der Waals surface area (Å²) in [6.45, 7) is 5.06. The Labute approximate surface area is 195 Å². The molecule has 10 heteroatoms. The molecule has 7 nitrogen and oxygen atoms in total. The van der Waals surface area contributed by atoms with Gasteiger partial charge in [-0.25, -0.2) is 4.79 Å². The van der Waals surface area contributed by atoms with Gasteiger partial charge in [0, 0.05) is 18.8 Å². The normalized spacial score (nSPS) is 19.3. The average molecular weight is 480 g/mol. The molecule has 0 aliphatic carbocycles. The molecule has 1 fully saturated rings. The van der Waals surface area contributed by atoms with E-state index in [4.69, 9.17) is 14.2 Å². The van der Waals surface area contributed by atoms with Gasteiger partial charge in [-0.3, -0.25) is 4.79 Å². The highest BCUT2D eigenvalue weighted by Gasteiger charge is 2.37. The fourth-order valence-electron chi connectivity index (χ4n) is 3.78. The van der Waals surface area contributed by atoms with Crippen molar-refractivity contribution in [2.45, 2.75) is 44.8 Å². The largest absolute Gasteiger partial charge is 0.480 e. The number of methoxy groups -OCH3 is 1. The molecular formula is C24H27F3N2O5. The first kappa shape index (κ1) is 25.4. The molecule has 184 valence electrons. The number of nitrogens with one attached hydrogen (secondary N) is 1. The van der Waals surface area contributed by atoms with Gasteiger partial charge in [-0.2, -0.15) is 13.2 Å². The lowest BCUT2D eigenvalue weighted by Gasteiger charge is -2.37. The number of carbonyl (C=O) groups is 2. The maximum absolute atomic E-state index is 13.1. The van der Waals surface area contributed by atoms with E-state index in [1.54, 1.807) is 30.3 Å². The molecule has 2 aromatic rings. The highest BCUT2D eigenvalue weighted by Crippen LogP contribution is 2.29. The number of nitrogens with zero attached hydrogens (tertiary/aromatic N) is 1. The average Bonchev–Trinajstić information content (AvgIpc) is 2.77. The molecule has 34 heavy (non-hydrogen) atoms. The molecule has 3 atom stereocenters. The fraction of sp³-hybridized carbons (Fsp3) is 0.417. The number of halogens is 3. The van der Waals surface area contributed by atoms with Crippen molar-refractivity contribution >= 4 is 23.3 Å². The first-order valence-corrected chi connectivity index (χ1v) is 10.8. The van der Waals surface area contributed by atoms with E-state index in [-0.39, 0.29) is 29.2 Å². The SMILES string of the molecule is COC(=O)c1cc(N2CC(C)O[C@@H](C)C2)ccc1NC(=O)[C@H](CC(F)(F)F)Oc1ccccc1. The predicted octanol–water partition coefficient (Wildman–Crippen LogP) is 4.43. The van der Waals surface area contributed by atoms with Crippen molar-refractivity contribution in [1.29, 1.82) is 0 Å². The second-order valence-corrected chi connectivity index (χ2v) is 8.11. The first-order valence-electron chi connectivity index (χ1n) is 10.8. The van der Waals surface area contributed by atoms with Gasteiger partial charge >= 0.3 is 12.1 Å². The summed E-state index contributed by atoms with van der Waals surface area (Å²) in [4.78, 5) is 27.3. The molecule has 1 aliphatic heterocycles. The summed E-state index contributed by atoms with van der Waals surface area (Å²) in [6, 6.07) is 12.4. The molecular weight excluding hydrogens is 453 g/mol. The molecule has 0 aromatic heterocycles. The standard InChI is InChI=1S/C24H27F3N2O5/c1-15-13-29(14-16(2)33-15)17-9-10-20(19(11-17)23(31)32-3)28-22(30)21(12-24(25,26)27)34-18-7-5-4-6-8-18/h4-11,15-16,21H,12-14H2,1-3H3,(H,28,30)/t15-,16?,21-/m0/s1. The van der Waals surface area contributed by atoms with Crippen LogP contribution in [0.3, 0.4) is 0 Å². The van der Waals surface area contributed by atoms with Gasteiger partial charge in [0.2, 0.25) is 0 Å². The molecule has 0 saturated carbocycles. The van der Waals surface area contributed by atoms with Crippen LogP contribution in [0.1, 0.15) is 30.6 Å². The summed E-state index contributed by atoms with van der Waals surface area (Å²) >= 11 is 0. The minimum atomic E-state index is -4.64. The zero-order valence-electron chi connectivity index (χ0n) is 19.1. The van der Waals surface area contributed by atoms with Gasteiger partial charge in [0.25, 0.3) is 5.91 Å². The van der Waals surface area contributed by atoms with E-state index in [1.807, 2.05) is 18.7 Å². The second-order valence-electron chi connectivity index (χ2n) is 8.11. The molecule has 1 saturated heterocycles. The first-order chi connectivity index (χ1) is 16.1. The van der Waals surface area contributed by atoms with Gasteiger partial charge < -0.3 is 24.4 Å². The van der Waals surface area contributed by atoms with Crippen LogP contribution in [0.25, 0.3) is 0 Å². The Kier molecular flexibility index (Phi) is 8.03. The number of benzene rings is 2. The van der Waals surface area contributed by atoms with E-state index >= 15 is 0 Å². The van der Waals surface area contributed by atoms with Crippen molar-refractivity contribution in [3.05, 3.63) is 54.1 Å². The predicted molar refractivity (Wildman–Crippen MR) is 120 cm³/mol. The Morgan fingerprint density at radius 2 is 1.76 bits per heavy atom. The van der Waals surface area contributed by atoms with Crippen molar-refractivity contribution in [3.8, 4) is 5.75 Å². The summed E-state index contributed by atoms with van der Waals surface area (Å²) in [5.74, 6) is -1.65. The van der Waals surface area contributed by atoms with Gasteiger partial charge in [-0.15, -0.1) is 0 Å². The molecule has 3 rings (SSSR count). The summed E-state index contributed by atoms with van der Waals surface area (Å²) in [5.41, 5.74) is 0.747. The van der Waals surface area contributed by atoms with Gasteiger partial charge in [-0.1, -0.05) is 18.2 Å². The lowest BCUT2D eigenvalue weighted by Crippen LogP contribution is -2.45. The number of para-hydroxylation sites is 1. The zero-order chi connectivity index (χ0) is 24.9. The van der Waals surface area contributed by atoms with Crippen molar-refractivity contribution < 1.29 is 37.0 Å². The number of rotatable bonds is 7. The van der Waals surface area contributed by atoms with Crippen LogP contribution in [-0.2, 0) is 14.3 Å². The highest BCUT2D eigenvalue weighted by atomic mass is 19.4. The quantitative estimate of drug-likeness (QED) is 0.591. The molecule has 0 radical (unpaired) electrons. The van der Waals surface area contributed by atoms with Crippen LogP contribution in [0.4, 0.5) is 24.5 Å². The van der Waals surface area contributed by atoms with Crippen molar-refractivity contribution in [2.75, 3.05) is 30.4 Å². The van der Waals surface area contributed by atoms with E-state index < -0.39 is 30.6 Å². The molecule has 1 heterocycles. The van der Waals surface area contributed by atoms with Crippen LogP contribution >= 0.6 is 0 Å². The third kappa shape index (κ3) is 6.86. The summed E-state index contributed by atoms with van der Waals surface area (Å²) in [6.07, 6.45) is -8.04. The van der Waals surface area contributed by atoms with Crippen LogP contribution < -0.4 is 15.0 Å². The molecule has 1 aliphatic rings. The number of carbonyl (C=O) groups excluding carboxylic acids is 2. The van der Waals surface area contributed by atoms with Crippen molar-refractivity contribution in [2.24, 2.45) is 0 Å². The summed E-state index contributed by atoms with van der Waals surface area (Å²) < 4.78 is 55.3. The molecule has 0 bridgehead atoms. The Bertz CT molecular complexity index is 990. The Balaban J connectivity index is 1.86. The summed E-state index contributed by atoms with van der Waals surface area (Å²) in [5, 5.41) is 2.41. The fourth-order valence-corrected chi connectivity index (χ4v) is 3.78. The van der Waals surface area contributed by atoms with Crippen LogP contribution in [0.5, 0.6) is 5.75 Å². The topological polar surface area (TPSA) is 77.1 Å². The van der Waals surface area contributed by atoms with E-state index in [0.717, 1.165) is 0 Å². The smallest absolute Gasteiger partial charge is 0.393 e. The Morgan fingerprint density at radius 1 is 1.12 bits per heavy atom. The third-order valence-electron chi connectivity index (χ3n) is 5.18. The number of alkyl halides is 3. The minimum absolute atomic E-state index is 0.0191. The van der Waals surface area contributed by atoms with E-state index in [9.17, 15) is 22.8 Å². The van der Waals surface area contributed by atoms with Crippen LogP contribution in [0, 0.1) is 0 Å². The zero-order valence-corrected chi connectivity index (χ0v) is 19.1. The number of anilines is 2. The van der Waals surface area contributed by atoms with Crippen LogP contribution in [0.15, 0.2) is 48.5 Å². The highest BCUT2D eigenvalue weighted by molar-refractivity contribution is 6.03. The third-order valence-corrected chi connectivity index (χ3v) is 5.18. The number of morpholine rings is 1. The maximum Gasteiger partial charge on any atom is 0.393 e. The number of hydrogen-bond acceptors (Lipinski definition) is 6. The number of ether oxygens (including phenoxy) is 3. The minimum Gasteiger partial charge on any atom is -0.480 e. The van der Waals surface area contributed by atoms with Gasteiger partial charge in [0.05, 0.1) is 37.0 Å². The lowest BCUT2D eigenvalue weighted by molar-refractivity contribution is -0.158. The Hall–Kier alpha value is -3.27. The van der Waals surface area contributed by atoms with E-state index in [2.05, 4.69) is 5.32 Å². The van der Waals surface area contributed by atoms with Crippen LogP contribution in [0.2, 0.25) is 0 Å². The summed E-state index contributed by atoms with van der Waals surface area (Å²) in [7, 11) is 1.18. The van der Waals surface area contributed by atoms with Gasteiger partial charge in [0.1, 0.15) is 5.75 Å². The lowest BCUT2D eigenvalue weighted by atomic mass is 10.1. The van der Waals surface area contributed by atoms with Crippen molar-refractivity contribution in [3.63, 3.8) is 0 Å². The van der Waals surface area contributed by atoms with Crippen LogP contribution in [-0.4, -0.2) is 56.6 Å². The number of hydrogen-bond donors (Lipinski definition) is 1. The maximum atomic E-state index is 13.1. The Morgan fingerprint density at radius 3 is 2.35 bits per heavy atom. The van der Waals surface area contributed by atoms with Gasteiger partial charge in [-0.05, 0) is 44.2 Å².